The average molecular weight is 327 g/mol. The number of nitrogens with one attached hydrogen (secondary N) is 1. The molecule has 4 saturated heterocycles. The van der Waals surface area contributed by atoms with E-state index in [0.29, 0.717) is 6.04 Å². The molecule has 4 heterocycles. The van der Waals surface area contributed by atoms with Gasteiger partial charge in [0.2, 0.25) is 5.91 Å². The number of rotatable bonds is 2. The Bertz CT molecular complexity index is 604. The SMILES string of the molecule is CC1(C)C[C@@H]2CN(c3ccc(N4CCCCC4)cc3)[C@H]1CNC2=O. The predicted molar refractivity (Wildman–Crippen MR) is 98.5 cm³/mol. The first-order valence-corrected chi connectivity index (χ1v) is 9.44. The standard InChI is InChI=1S/C20H29N3O/c1-20(2)12-15-14-23(18(20)13-21-19(15)24)17-8-6-16(7-9-17)22-10-4-3-5-11-22/h6-9,15,18H,3-5,10-14H2,1-2H3,(H,21,24)/t15-,18+/m1/s1. The molecule has 4 aliphatic rings. The third-order valence-corrected chi connectivity index (χ3v) is 6.21. The van der Waals surface area contributed by atoms with Crippen LogP contribution < -0.4 is 15.1 Å². The van der Waals surface area contributed by atoms with Gasteiger partial charge in [-0.3, -0.25) is 4.79 Å². The molecule has 2 atom stereocenters. The molecule has 2 bridgehead atoms. The fourth-order valence-corrected chi connectivity index (χ4v) is 4.82. The summed E-state index contributed by atoms with van der Waals surface area (Å²) in [6, 6.07) is 9.42. The minimum Gasteiger partial charge on any atom is -0.372 e. The molecule has 4 nitrogen and oxygen atoms in total. The van der Waals surface area contributed by atoms with E-state index in [2.05, 4.69) is 53.2 Å². The minimum atomic E-state index is 0.112. The molecular formula is C20H29N3O. The molecule has 0 saturated carbocycles. The molecule has 0 spiro atoms. The minimum absolute atomic E-state index is 0.112. The number of benzene rings is 1. The monoisotopic (exact) mass is 327 g/mol. The summed E-state index contributed by atoms with van der Waals surface area (Å²) in [7, 11) is 0. The molecule has 4 aliphatic heterocycles. The highest BCUT2D eigenvalue weighted by atomic mass is 16.2. The van der Waals surface area contributed by atoms with Crippen LogP contribution in [0, 0.1) is 11.3 Å². The van der Waals surface area contributed by atoms with Gasteiger partial charge in [-0.05, 0) is 55.4 Å². The molecular weight excluding hydrogens is 298 g/mol. The van der Waals surface area contributed by atoms with Crippen molar-refractivity contribution in [3.8, 4) is 0 Å². The van der Waals surface area contributed by atoms with E-state index in [1.807, 2.05) is 0 Å². The highest BCUT2D eigenvalue weighted by Gasteiger charge is 2.46. The number of hydrogen-bond donors (Lipinski definition) is 1. The Hall–Kier alpha value is -1.71. The molecule has 0 radical (unpaired) electrons. The van der Waals surface area contributed by atoms with Gasteiger partial charge in [-0.25, -0.2) is 0 Å². The summed E-state index contributed by atoms with van der Waals surface area (Å²) >= 11 is 0. The van der Waals surface area contributed by atoms with Crippen LogP contribution in [0.1, 0.15) is 39.5 Å². The molecule has 1 aromatic rings. The van der Waals surface area contributed by atoms with Crippen LogP contribution in [-0.4, -0.2) is 38.1 Å². The van der Waals surface area contributed by atoms with Crippen molar-refractivity contribution < 1.29 is 4.79 Å². The van der Waals surface area contributed by atoms with Crippen LogP contribution in [0.15, 0.2) is 24.3 Å². The van der Waals surface area contributed by atoms with E-state index in [9.17, 15) is 4.79 Å². The van der Waals surface area contributed by atoms with Gasteiger partial charge in [0.15, 0.2) is 0 Å². The molecule has 0 unspecified atom stereocenters. The topological polar surface area (TPSA) is 35.6 Å². The van der Waals surface area contributed by atoms with Crippen LogP contribution in [0.3, 0.4) is 0 Å². The summed E-state index contributed by atoms with van der Waals surface area (Å²) < 4.78 is 0. The lowest BCUT2D eigenvalue weighted by molar-refractivity contribution is -0.124. The van der Waals surface area contributed by atoms with Gasteiger partial charge >= 0.3 is 0 Å². The third-order valence-electron chi connectivity index (χ3n) is 6.21. The highest BCUT2D eigenvalue weighted by Crippen LogP contribution is 2.42. The summed E-state index contributed by atoms with van der Waals surface area (Å²) in [5.74, 6) is 0.346. The lowest BCUT2D eigenvalue weighted by Gasteiger charge is -2.47. The fourth-order valence-electron chi connectivity index (χ4n) is 4.82. The van der Waals surface area contributed by atoms with Crippen molar-refractivity contribution in [1.29, 1.82) is 0 Å². The van der Waals surface area contributed by atoms with Gasteiger partial charge in [-0.1, -0.05) is 13.8 Å². The van der Waals surface area contributed by atoms with E-state index in [-0.39, 0.29) is 17.2 Å². The molecule has 1 amide bonds. The molecule has 1 aromatic carbocycles. The number of anilines is 2. The maximum absolute atomic E-state index is 12.3. The molecule has 4 heteroatoms. The number of carbonyl (C=O) groups is 1. The number of nitrogens with zero attached hydrogens (tertiary/aromatic N) is 2. The molecule has 0 aliphatic carbocycles. The van der Waals surface area contributed by atoms with E-state index in [1.54, 1.807) is 0 Å². The van der Waals surface area contributed by atoms with Gasteiger partial charge in [0.25, 0.3) is 0 Å². The number of piperidine rings is 2. The first-order valence-electron chi connectivity index (χ1n) is 9.44. The van der Waals surface area contributed by atoms with E-state index < -0.39 is 0 Å². The van der Waals surface area contributed by atoms with Crippen molar-refractivity contribution in [3.05, 3.63) is 24.3 Å². The predicted octanol–water partition coefficient (Wildman–Crippen LogP) is 3.03. The van der Waals surface area contributed by atoms with Crippen molar-refractivity contribution in [2.45, 2.75) is 45.6 Å². The van der Waals surface area contributed by atoms with Crippen molar-refractivity contribution in [3.63, 3.8) is 0 Å². The van der Waals surface area contributed by atoms with Crippen molar-refractivity contribution in [2.24, 2.45) is 11.3 Å². The van der Waals surface area contributed by atoms with Crippen LogP contribution in [-0.2, 0) is 4.79 Å². The molecule has 0 aromatic heterocycles. The van der Waals surface area contributed by atoms with Gasteiger partial charge in [0.1, 0.15) is 0 Å². The quantitative estimate of drug-likeness (QED) is 0.907. The van der Waals surface area contributed by atoms with Gasteiger partial charge in [-0.2, -0.15) is 0 Å². The van der Waals surface area contributed by atoms with E-state index >= 15 is 0 Å². The second-order valence-corrected chi connectivity index (χ2v) is 8.37. The van der Waals surface area contributed by atoms with Crippen molar-refractivity contribution >= 4 is 17.3 Å². The van der Waals surface area contributed by atoms with Crippen molar-refractivity contribution in [1.82, 2.24) is 5.32 Å². The zero-order valence-electron chi connectivity index (χ0n) is 14.9. The molecule has 24 heavy (non-hydrogen) atoms. The number of hydrogen-bond acceptors (Lipinski definition) is 3. The fraction of sp³-hybridized carbons (Fsp3) is 0.650. The number of fused-ring (bicyclic) bond motifs is 4. The van der Waals surface area contributed by atoms with E-state index in [0.717, 1.165) is 19.5 Å². The Morgan fingerprint density at radius 2 is 1.71 bits per heavy atom. The van der Waals surface area contributed by atoms with E-state index in [4.69, 9.17) is 0 Å². The zero-order valence-corrected chi connectivity index (χ0v) is 14.9. The summed E-state index contributed by atoms with van der Waals surface area (Å²) in [4.78, 5) is 17.2. The summed E-state index contributed by atoms with van der Waals surface area (Å²) in [5, 5.41) is 3.14. The van der Waals surface area contributed by atoms with Gasteiger partial charge < -0.3 is 15.1 Å². The number of amides is 1. The Morgan fingerprint density at radius 1 is 1.04 bits per heavy atom. The van der Waals surface area contributed by atoms with Crippen LogP contribution in [0.2, 0.25) is 0 Å². The largest absolute Gasteiger partial charge is 0.372 e. The average Bonchev–Trinajstić information content (AvgIpc) is 2.82. The summed E-state index contributed by atoms with van der Waals surface area (Å²) in [5.41, 5.74) is 2.76. The lowest BCUT2D eigenvalue weighted by Crippen LogP contribution is -2.53. The Balaban J connectivity index is 1.58. The first kappa shape index (κ1) is 15.8. The van der Waals surface area contributed by atoms with E-state index in [1.165, 1.54) is 43.7 Å². The maximum Gasteiger partial charge on any atom is 0.224 e. The maximum atomic E-state index is 12.3. The molecule has 1 N–H and O–H groups in total. The van der Waals surface area contributed by atoms with Gasteiger partial charge in [0.05, 0.1) is 12.0 Å². The van der Waals surface area contributed by atoms with Crippen LogP contribution >= 0.6 is 0 Å². The molecule has 130 valence electrons. The second-order valence-electron chi connectivity index (χ2n) is 8.37. The van der Waals surface area contributed by atoms with Crippen LogP contribution in [0.4, 0.5) is 11.4 Å². The zero-order chi connectivity index (χ0) is 16.7. The Kier molecular flexibility index (Phi) is 3.93. The third kappa shape index (κ3) is 2.76. The Morgan fingerprint density at radius 3 is 2.42 bits per heavy atom. The van der Waals surface area contributed by atoms with Gasteiger partial charge in [0, 0.05) is 37.6 Å². The van der Waals surface area contributed by atoms with Crippen LogP contribution in [0.5, 0.6) is 0 Å². The van der Waals surface area contributed by atoms with Gasteiger partial charge in [-0.15, -0.1) is 0 Å². The summed E-state index contributed by atoms with van der Waals surface area (Å²) in [6.07, 6.45) is 4.96. The lowest BCUT2D eigenvalue weighted by atomic mass is 9.73. The normalized spacial score (nSPS) is 29.3. The van der Waals surface area contributed by atoms with Crippen molar-refractivity contribution in [2.75, 3.05) is 36.0 Å². The number of carbonyl (C=O) groups excluding carboxylic acids is 1. The second kappa shape index (κ2) is 5.98. The Labute approximate surface area is 145 Å². The molecule has 4 fully saturated rings. The smallest absolute Gasteiger partial charge is 0.224 e. The highest BCUT2D eigenvalue weighted by molar-refractivity contribution is 5.81. The first-order chi connectivity index (χ1) is 11.5. The summed E-state index contributed by atoms with van der Waals surface area (Å²) in [6.45, 7) is 8.58. The molecule has 5 rings (SSSR count). The van der Waals surface area contributed by atoms with Crippen LogP contribution in [0.25, 0.3) is 0 Å².